The fraction of sp³-hybridized carbons (Fsp3) is 0.966. The molecule has 0 spiro atoms. The average Bonchev–Trinajstić information content (AvgIpc) is 2.75. The smallest absolute Gasteiger partial charge is 0.149 e. The van der Waals surface area contributed by atoms with Crippen LogP contribution in [0.3, 0.4) is 0 Å². The van der Waals surface area contributed by atoms with Crippen LogP contribution in [0.2, 0.25) is 0 Å². The lowest BCUT2D eigenvalue weighted by molar-refractivity contribution is -0.126. The number of hydrogen-bond donors (Lipinski definition) is 1. The number of carbonyl (C=O) groups is 1. The van der Waals surface area contributed by atoms with E-state index in [1.165, 1.54) is 116 Å². The largest absolute Gasteiger partial charge is 0.391 e. The Labute approximate surface area is 202 Å². The molecule has 0 heterocycles. The van der Waals surface area contributed by atoms with Crippen LogP contribution in [0.4, 0.5) is 0 Å². The first-order valence-electron chi connectivity index (χ1n) is 14.5. The van der Waals surface area contributed by atoms with Crippen LogP contribution in [0, 0.1) is 0 Å². The number of rotatable bonds is 25. The summed E-state index contributed by atoms with van der Waals surface area (Å²) >= 11 is 0. The molecule has 0 aromatic carbocycles. The fourth-order valence-electron chi connectivity index (χ4n) is 4.90. The van der Waals surface area contributed by atoms with Crippen molar-refractivity contribution < 1.29 is 9.90 Å². The number of aliphatic hydroxyl groups is 1. The second-order valence-electron chi connectivity index (χ2n) is 10.2. The van der Waals surface area contributed by atoms with E-state index in [-0.39, 0.29) is 11.8 Å². The van der Waals surface area contributed by atoms with Gasteiger partial charge in [0.15, 0.2) is 0 Å². The first kappa shape index (κ1) is 31.6. The van der Waals surface area contributed by atoms with Gasteiger partial charge in [-0.3, -0.25) is 9.69 Å². The Morgan fingerprint density at radius 2 is 0.875 bits per heavy atom. The van der Waals surface area contributed by atoms with Gasteiger partial charge >= 0.3 is 0 Å². The minimum Gasteiger partial charge on any atom is -0.391 e. The van der Waals surface area contributed by atoms with Crippen molar-refractivity contribution in [1.29, 1.82) is 0 Å². The minimum absolute atomic E-state index is 0.110. The molecule has 1 N–H and O–H groups in total. The number of carbonyl (C=O) groups excluding carboxylic acids is 1. The highest BCUT2D eigenvalue weighted by Gasteiger charge is 2.26. The lowest BCUT2D eigenvalue weighted by atomic mass is 10.0. The number of ketones is 1. The van der Waals surface area contributed by atoms with Crippen LogP contribution in [-0.2, 0) is 4.79 Å². The van der Waals surface area contributed by atoms with Crippen LogP contribution < -0.4 is 0 Å². The molecule has 3 heteroatoms. The van der Waals surface area contributed by atoms with E-state index in [0.717, 1.165) is 25.9 Å². The molecule has 0 bridgehead atoms. The van der Waals surface area contributed by atoms with Crippen molar-refractivity contribution in [3.8, 4) is 0 Å². The molecule has 192 valence electrons. The summed E-state index contributed by atoms with van der Waals surface area (Å²) in [4.78, 5) is 14.5. The number of unbranched alkanes of at least 4 members (excludes halogenated alkanes) is 18. The molecule has 0 amide bonds. The van der Waals surface area contributed by atoms with E-state index >= 15 is 0 Å². The van der Waals surface area contributed by atoms with E-state index in [1.54, 1.807) is 13.8 Å². The molecule has 0 saturated heterocycles. The van der Waals surface area contributed by atoms with Gasteiger partial charge < -0.3 is 5.11 Å². The Hall–Kier alpha value is -0.410. The molecule has 2 unspecified atom stereocenters. The topological polar surface area (TPSA) is 40.5 Å². The van der Waals surface area contributed by atoms with E-state index in [2.05, 4.69) is 18.7 Å². The highest BCUT2D eigenvalue weighted by Crippen LogP contribution is 2.15. The maximum Gasteiger partial charge on any atom is 0.149 e. The van der Waals surface area contributed by atoms with Crippen LogP contribution in [-0.4, -0.2) is 41.0 Å². The summed E-state index contributed by atoms with van der Waals surface area (Å²) in [5.41, 5.74) is 0. The molecule has 0 aliphatic rings. The Morgan fingerprint density at radius 1 is 0.594 bits per heavy atom. The van der Waals surface area contributed by atoms with Crippen molar-refractivity contribution in [1.82, 2.24) is 4.90 Å². The van der Waals surface area contributed by atoms with Gasteiger partial charge in [-0.2, -0.15) is 0 Å². The molecule has 0 radical (unpaired) electrons. The molecule has 0 saturated carbocycles. The SMILES string of the molecule is CCCCCCCCCCCCN(CCCCCCCCCCCC)C(C(C)=O)C(C)O. The number of hydrogen-bond acceptors (Lipinski definition) is 3. The van der Waals surface area contributed by atoms with Gasteiger partial charge in [-0.05, 0) is 39.8 Å². The zero-order chi connectivity index (χ0) is 23.9. The van der Waals surface area contributed by atoms with Crippen molar-refractivity contribution >= 4 is 5.78 Å². The third-order valence-electron chi connectivity index (χ3n) is 6.86. The zero-order valence-electron chi connectivity index (χ0n) is 22.5. The van der Waals surface area contributed by atoms with Crippen LogP contribution in [0.1, 0.15) is 156 Å². The highest BCUT2D eigenvalue weighted by molar-refractivity contribution is 5.82. The molecule has 3 nitrogen and oxygen atoms in total. The Bertz CT molecular complexity index is 373. The highest BCUT2D eigenvalue weighted by atomic mass is 16.3. The van der Waals surface area contributed by atoms with E-state index < -0.39 is 6.10 Å². The summed E-state index contributed by atoms with van der Waals surface area (Å²) in [6, 6.07) is -0.327. The number of nitrogens with zero attached hydrogens (tertiary/aromatic N) is 1. The van der Waals surface area contributed by atoms with Gasteiger partial charge in [0.2, 0.25) is 0 Å². The molecule has 0 fully saturated rings. The summed E-state index contributed by atoms with van der Waals surface area (Å²) in [5, 5.41) is 10.2. The lowest BCUT2D eigenvalue weighted by Gasteiger charge is -2.32. The van der Waals surface area contributed by atoms with Crippen molar-refractivity contribution in [2.24, 2.45) is 0 Å². The molecular weight excluding hydrogens is 394 g/mol. The maximum atomic E-state index is 12.2. The monoisotopic (exact) mass is 453 g/mol. The van der Waals surface area contributed by atoms with Crippen molar-refractivity contribution in [3.63, 3.8) is 0 Å². The van der Waals surface area contributed by atoms with Gasteiger partial charge in [-0.1, -0.05) is 129 Å². The molecular formula is C29H59NO2. The molecule has 32 heavy (non-hydrogen) atoms. The second-order valence-corrected chi connectivity index (χ2v) is 10.2. The van der Waals surface area contributed by atoms with Crippen molar-refractivity contribution in [2.45, 2.75) is 168 Å². The van der Waals surface area contributed by atoms with Crippen LogP contribution in [0.15, 0.2) is 0 Å². The molecule has 0 aromatic rings. The molecule has 2 atom stereocenters. The Morgan fingerprint density at radius 3 is 1.12 bits per heavy atom. The number of aliphatic hydroxyl groups excluding tert-OH is 1. The lowest BCUT2D eigenvalue weighted by Crippen LogP contribution is -2.48. The summed E-state index contributed by atoms with van der Waals surface area (Å²) < 4.78 is 0. The van der Waals surface area contributed by atoms with E-state index in [1.807, 2.05) is 0 Å². The van der Waals surface area contributed by atoms with Crippen LogP contribution >= 0.6 is 0 Å². The van der Waals surface area contributed by atoms with E-state index in [4.69, 9.17) is 0 Å². The molecule has 0 aliphatic heterocycles. The summed E-state index contributed by atoms with van der Waals surface area (Å²) in [6.45, 7) is 9.85. The van der Waals surface area contributed by atoms with Crippen molar-refractivity contribution in [2.75, 3.05) is 13.1 Å². The molecule has 0 aliphatic carbocycles. The second kappa shape index (κ2) is 23.7. The maximum absolute atomic E-state index is 12.2. The standard InChI is InChI=1S/C29H59NO2/c1-5-7-9-11-13-15-17-19-21-23-25-30(29(27(3)31)28(4)32)26-24-22-20-18-16-14-12-10-8-6-2/h27,29,31H,5-26H2,1-4H3. The predicted octanol–water partition coefficient (Wildman–Crippen LogP) is 8.47. The third-order valence-corrected chi connectivity index (χ3v) is 6.86. The molecule has 0 rings (SSSR count). The normalized spacial score (nSPS) is 13.6. The van der Waals surface area contributed by atoms with Crippen LogP contribution in [0.5, 0.6) is 0 Å². The van der Waals surface area contributed by atoms with Crippen molar-refractivity contribution in [3.05, 3.63) is 0 Å². The predicted molar refractivity (Wildman–Crippen MR) is 141 cm³/mol. The first-order chi connectivity index (χ1) is 15.5. The van der Waals surface area contributed by atoms with Gasteiger partial charge in [-0.25, -0.2) is 0 Å². The summed E-state index contributed by atoms with van der Waals surface area (Å²) in [7, 11) is 0. The average molecular weight is 454 g/mol. The van der Waals surface area contributed by atoms with Gasteiger partial charge in [-0.15, -0.1) is 0 Å². The van der Waals surface area contributed by atoms with Gasteiger partial charge in [0.05, 0.1) is 12.1 Å². The van der Waals surface area contributed by atoms with Gasteiger partial charge in [0.1, 0.15) is 5.78 Å². The number of Topliss-reactive ketones (excluding diaryl/α,β-unsaturated/α-hetero) is 1. The van der Waals surface area contributed by atoms with Gasteiger partial charge in [0, 0.05) is 0 Å². The quantitative estimate of drug-likeness (QED) is 0.141. The first-order valence-corrected chi connectivity index (χ1v) is 14.5. The van der Waals surface area contributed by atoms with Crippen LogP contribution in [0.25, 0.3) is 0 Å². The van der Waals surface area contributed by atoms with E-state index in [0.29, 0.717) is 0 Å². The third kappa shape index (κ3) is 19.1. The zero-order valence-corrected chi connectivity index (χ0v) is 22.5. The van der Waals surface area contributed by atoms with E-state index in [9.17, 15) is 9.90 Å². The van der Waals surface area contributed by atoms with Gasteiger partial charge in [0.25, 0.3) is 0 Å². The minimum atomic E-state index is -0.584. The Balaban J connectivity index is 4.03. The summed E-state index contributed by atoms with van der Waals surface area (Å²) in [6.07, 6.45) is 26.0. The molecule has 0 aromatic heterocycles. The summed E-state index contributed by atoms with van der Waals surface area (Å²) in [5.74, 6) is 0.110. The fourth-order valence-corrected chi connectivity index (χ4v) is 4.90. The Kier molecular flexibility index (Phi) is 23.4.